The summed E-state index contributed by atoms with van der Waals surface area (Å²) in [6.07, 6.45) is 0. The highest BCUT2D eigenvalue weighted by atomic mass is 35.5. The Morgan fingerprint density at radius 1 is 1.48 bits per heavy atom. The first-order chi connectivity index (χ1) is 9.47. The van der Waals surface area contributed by atoms with Crippen molar-refractivity contribution < 1.29 is 9.72 Å². The molecule has 1 saturated carbocycles. The third-order valence-electron chi connectivity index (χ3n) is 3.98. The molecule has 2 aliphatic rings. The molecule has 0 aromatic carbocycles. The molecular weight excluding hydrogens is 316 g/mol. The molecule has 1 N–H and O–H groups in total. The predicted octanol–water partition coefficient (Wildman–Crippen LogP) is 1.64. The average molecular weight is 331 g/mol. The highest BCUT2D eigenvalue weighted by Gasteiger charge is 2.56. The van der Waals surface area contributed by atoms with Gasteiger partial charge in [0.2, 0.25) is 11.7 Å². The standard InChI is InChI=1S/C12H13ClN4O3.H2S/c1-6(18)16-4-7-8(5-16)11(7)15-12-9(17(19)20)2-3-10(13)14-12;/h2-3,7-8,11H,4-5H2,1H3,(H,14,15);1H2. The number of rotatable bonds is 3. The molecule has 114 valence electrons. The maximum Gasteiger partial charge on any atom is 0.311 e. The van der Waals surface area contributed by atoms with E-state index in [1.165, 1.54) is 12.1 Å². The first kappa shape index (κ1) is 15.8. The fourth-order valence-electron chi connectivity index (χ4n) is 2.84. The van der Waals surface area contributed by atoms with E-state index in [0.717, 1.165) is 0 Å². The lowest BCUT2D eigenvalue weighted by molar-refractivity contribution is -0.384. The number of piperidine rings is 1. The number of fused-ring (bicyclic) bond motifs is 1. The van der Waals surface area contributed by atoms with Crippen LogP contribution in [-0.2, 0) is 4.79 Å². The molecule has 0 radical (unpaired) electrons. The van der Waals surface area contributed by atoms with Gasteiger partial charge in [-0.05, 0) is 6.07 Å². The molecule has 9 heteroatoms. The fourth-order valence-corrected chi connectivity index (χ4v) is 2.98. The van der Waals surface area contributed by atoms with E-state index in [2.05, 4.69) is 10.3 Å². The van der Waals surface area contributed by atoms with Gasteiger partial charge in [0.25, 0.3) is 0 Å². The van der Waals surface area contributed by atoms with Gasteiger partial charge >= 0.3 is 5.69 Å². The Hall–Kier alpha value is -1.54. The number of hydrogen-bond acceptors (Lipinski definition) is 5. The van der Waals surface area contributed by atoms with Gasteiger partial charge in [-0.1, -0.05) is 11.6 Å². The maximum atomic E-state index is 11.3. The highest BCUT2D eigenvalue weighted by Crippen LogP contribution is 2.47. The number of carbonyl (C=O) groups excluding carboxylic acids is 1. The number of likely N-dealkylation sites (tertiary alicyclic amines) is 1. The lowest BCUT2D eigenvalue weighted by atomic mass is 10.3. The van der Waals surface area contributed by atoms with Crippen molar-refractivity contribution in [1.82, 2.24) is 9.88 Å². The Labute approximate surface area is 133 Å². The molecule has 1 saturated heterocycles. The first-order valence-electron chi connectivity index (χ1n) is 6.30. The van der Waals surface area contributed by atoms with E-state index in [0.29, 0.717) is 24.9 Å². The summed E-state index contributed by atoms with van der Waals surface area (Å²) in [7, 11) is 0. The molecular formula is C12H15ClN4O3S. The molecule has 1 aliphatic heterocycles. The van der Waals surface area contributed by atoms with Crippen molar-refractivity contribution in [2.45, 2.75) is 13.0 Å². The number of nitrogens with one attached hydrogen (secondary N) is 1. The van der Waals surface area contributed by atoms with Crippen LogP contribution in [-0.4, -0.2) is 39.8 Å². The minimum atomic E-state index is -0.480. The molecule has 1 aliphatic carbocycles. The van der Waals surface area contributed by atoms with Crippen molar-refractivity contribution in [3.8, 4) is 0 Å². The van der Waals surface area contributed by atoms with Crippen LogP contribution in [0.5, 0.6) is 0 Å². The zero-order chi connectivity index (χ0) is 14.4. The van der Waals surface area contributed by atoms with Crippen LogP contribution in [0.2, 0.25) is 5.15 Å². The smallest absolute Gasteiger partial charge is 0.311 e. The zero-order valence-corrected chi connectivity index (χ0v) is 13.0. The molecule has 1 amide bonds. The second-order valence-electron chi connectivity index (χ2n) is 5.18. The van der Waals surface area contributed by atoms with Crippen LogP contribution in [0, 0.1) is 22.0 Å². The topological polar surface area (TPSA) is 88.4 Å². The number of hydrogen-bond donors (Lipinski definition) is 1. The van der Waals surface area contributed by atoms with E-state index >= 15 is 0 Å². The van der Waals surface area contributed by atoms with Crippen molar-refractivity contribution in [2.75, 3.05) is 18.4 Å². The summed E-state index contributed by atoms with van der Waals surface area (Å²) in [6, 6.07) is 2.88. The van der Waals surface area contributed by atoms with Gasteiger partial charge in [-0.25, -0.2) is 4.98 Å². The second-order valence-corrected chi connectivity index (χ2v) is 5.57. The van der Waals surface area contributed by atoms with Crippen LogP contribution < -0.4 is 5.32 Å². The molecule has 3 rings (SSSR count). The summed E-state index contributed by atoms with van der Waals surface area (Å²) in [5.74, 6) is 0.970. The Morgan fingerprint density at radius 3 is 2.62 bits per heavy atom. The van der Waals surface area contributed by atoms with Gasteiger partial charge in [0, 0.05) is 44.0 Å². The number of nitrogens with zero attached hydrogens (tertiary/aromatic N) is 3. The second kappa shape index (κ2) is 5.69. The summed E-state index contributed by atoms with van der Waals surface area (Å²) < 4.78 is 0. The maximum absolute atomic E-state index is 11.3. The fraction of sp³-hybridized carbons (Fsp3) is 0.500. The molecule has 2 fully saturated rings. The van der Waals surface area contributed by atoms with E-state index in [4.69, 9.17) is 11.6 Å². The monoisotopic (exact) mass is 330 g/mol. The van der Waals surface area contributed by atoms with Crippen LogP contribution in [0.4, 0.5) is 11.5 Å². The molecule has 0 spiro atoms. The largest absolute Gasteiger partial charge is 0.361 e. The van der Waals surface area contributed by atoms with E-state index in [1.807, 2.05) is 0 Å². The lowest BCUT2D eigenvalue weighted by Crippen LogP contribution is -2.31. The first-order valence-corrected chi connectivity index (χ1v) is 6.68. The molecule has 2 atom stereocenters. The van der Waals surface area contributed by atoms with Crippen LogP contribution in [0.3, 0.4) is 0 Å². The normalized spacial score (nSPS) is 25.8. The summed E-state index contributed by atoms with van der Waals surface area (Å²) in [5.41, 5.74) is -0.0807. The number of amides is 1. The van der Waals surface area contributed by atoms with E-state index in [1.54, 1.807) is 11.8 Å². The van der Waals surface area contributed by atoms with Gasteiger partial charge in [0.1, 0.15) is 5.15 Å². The summed E-state index contributed by atoms with van der Waals surface area (Å²) in [5, 5.41) is 14.3. The quantitative estimate of drug-likeness (QED) is 0.517. The van der Waals surface area contributed by atoms with Gasteiger partial charge < -0.3 is 10.2 Å². The van der Waals surface area contributed by atoms with Gasteiger partial charge in [0.05, 0.1) is 4.92 Å². The number of nitro groups is 1. The highest BCUT2D eigenvalue weighted by molar-refractivity contribution is 7.59. The Morgan fingerprint density at radius 2 is 2.10 bits per heavy atom. The van der Waals surface area contributed by atoms with E-state index < -0.39 is 4.92 Å². The summed E-state index contributed by atoms with van der Waals surface area (Å²) in [6.45, 7) is 2.95. The zero-order valence-electron chi connectivity index (χ0n) is 11.2. The average Bonchev–Trinajstić information content (AvgIpc) is 2.84. The summed E-state index contributed by atoms with van der Waals surface area (Å²) in [4.78, 5) is 27.5. The molecule has 7 nitrogen and oxygen atoms in total. The number of aromatic nitrogens is 1. The minimum absolute atomic E-state index is 0. The van der Waals surface area contributed by atoms with Crippen molar-refractivity contribution in [2.24, 2.45) is 11.8 Å². The summed E-state index contributed by atoms with van der Waals surface area (Å²) >= 11 is 5.78. The van der Waals surface area contributed by atoms with E-state index in [9.17, 15) is 14.9 Å². The number of halogens is 1. The van der Waals surface area contributed by atoms with Gasteiger partial charge in [-0.3, -0.25) is 14.9 Å². The Bertz CT molecular complexity index is 588. The van der Waals surface area contributed by atoms with Crippen molar-refractivity contribution in [3.63, 3.8) is 0 Å². The predicted molar refractivity (Wildman–Crippen MR) is 82.9 cm³/mol. The van der Waals surface area contributed by atoms with Crippen molar-refractivity contribution in [1.29, 1.82) is 0 Å². The molecule has 0 bridgehead atoms. The van der Waals surface area contributed by atoms with Crippen LogP contribution in [0.15, 0.2) is 12.1 Å². The molecule has 2 unspecified atom stereocenters. The lowest BCUT2D eigenvalue weighted by Gasteiger charge is -2.18. The third-order valence-corrected chi connectivity index (χ3v) is 4.19. The van der Waals surface area contributed by atoms with Crippen LogP contribution in [0.25, 0.3) is 0 Å². The van der Waals surface area contributed by atoms with Crippen molar-refractivity contribution in [3.05, 3.63) is 27.4 Å². The minimum Gasteiger partial charge on any atom is -0.361 e. The molecule has 21 heavy (non-hydrogen) atoms. The van der Waals surface area contributed by atoms with Gasteiger partial charge in [-0.2, -0.15) is 13.5 Å². The molecule has 1 aromatic rings. The third kappa shape index (κ3) is 2.91. The molecule has 1 aromatic heterocycles. The van der Waals surface area contributed by atoms with Gasteiger partial charge in [0.15, 0.2) is 0 Å². The van der Waals surface area contributed by atoms with Crippen molar-refractivity contribution >= 4 is 42.5 Å². The van der Waals surface area contributed by atoms with Crippen LogP contribution >= 0.6 is 25.1 Å². The SMILES string of the molecule is CC(=O)N1CC2C(C1)C2Nc1nc(Cl)ccc1[N+](=O)[O-].S. The number of pyridine rings is 1. The molecule has 2 heterocycles. The van der Waals surface area contributed by atoms with Gasteiger partial charge in [-0.15, -0.1) is 0 Å². The van der Waals surface area contributed by atoms with Crippen LogP contribution in [0.1, 0.15) is 6.92 Å². The Kier molecular flexibility index (Phi) is 4.29. The van der Waals surface area contributed by atoms with E-state index in [-0.39, 0.29) is 42.1 Å². The number of carbonyl (C=O) groups is 1. The Balaban J connectivity index is 0.00000161. The number of anilines is 1.